The summed E-state index contributed by atoms with van der Waals surface area (Å²) in [5.41, 5.74) is 40.8. The number of hydrogen-bond acceptors (Lipinski definition) is 10. The zero-order valence-corrected chi connectivity index (χ0v) is 18.8. The van der Waals surface area contributed by atoms with Crippen molar-refractivity contribution >= 4 is 45.6 Å². The van der Waals surface area contributed by atoms with Gasteiger partial charge >= 0.3 is 0 Å². The first-order chi connectivity index (χ1) is 17.1. The molecule has 0 radical (unpaired) electrons. The molecule has 176 valence electrons. The van der Waals surface area contributed by atoms with Gasteiger partial charge in [0.05, 0.1) is 46.4 Å². The van der Waals surface area contributed by atoms with Crippen LogP contribution in [0.1, 0.15) is 34.2 Å². The van der Waals surface area contributed by atoms with Crippen molar-refractivity contribution < 1.29 is 0 Å². The normalized spacial score (nSPS) is 15.6. The summed E-state index contributed by atoms with van der Waals surface area (Å²) in [5.74, 6) is 0. The number of nitrogens with two attached hydrogens (primary N) is 6. The van der Waals surface area contributed by atoms with Crippen LogP contribution in [0.5, 0.6) is 0 Å². The molecular formula is C24H22N12+2. The van der Waals surface area contributed by atoms with E-state index in [9.17, 15) is 0 Å². The van der Waals surface area contributed by atoms with Gasteiger partial charge < -0.3 is 34.4 Å². The Balaban J connectivity index is 2.00. The minimum absolute atomic E-state index is 0.0809. The van der Waals surface area contributed by atoms with Gasteiger partial charge in [-0.25, -0.2) is 0 Å². The number of aromatic amines is 2. The number of hydrogen-bond donors (Lipinski definition) is 10. The number of fused-ring (bicyclic) bond motifs is 8. The summed E-state index contributed by atoms with van der Waals surface area (Å²) < 4.78 is 0. The second-order valence-corrected chi connectivity index (χ2v) is 8.18. The van der Waals surface area contributed by atoms with Crippen LogP contribution in [0.25, 0.3) is 34.2 Å². The van der Waals surface area contributed by atoms with Gasteiger partial charge in [-0.05, 0) is 24.3 Å². The van der Waals surface area contributed by atoms with Crippen LogP contribution in [0.15, 0.2) is 36.4 Å². The van der Waals surface area contributed by atoms with Crippen LogP contribution in [0, 0.1) is 23.0 Å². The van der Waals surface area contributed by atoms with Gasteiger partial charge in [0.25, 0.3) is 0 Å². The van der Waals surface area contributed by atoms with Gasteiger partial charge in [0.1, 0.15) is 23.5 Å². The van der Waals surface area contributed by atoms with Crippen LogP contribution in [-0.2, 0) is 0 Å². The molecule has 0 unspecified atom stereocenters. The predicted molar refractivity (Wildman–Crippen MR) is 138 cm³/mol. The van der Waals surface area contributed by atoms with Gasteiger partial charge in [-0.2, -0.15) is 9.97 Å². The average molecular weight is 479 g/mol. The molecule has 12 nitrogen and oxygen atoms in total. The summed E-state index contributed by atoms with van der Waals surface area (Å²) in [4.78, 5) is 15.4. The molecule has 0 fully saturated rings. The van der Waals surface area contributed by atoms with E-state index in [0.717, 1.165) is 0 Å². The maximum Gasteiger partial charge on any atom is 0.229 e. The lowest BCUT2D eigenvalue weighted by Crippen LogP contribution is -2.24. The standard InChI is InChI=1S/C24H22N12/c25-9-1-10(26)18-5-17(9)33-19-6-21(13(29)2-11(19)27)35-23-8-24(16(32)4-15(23)31)36-22-7-20(34-18)12(28)3-14(22)30/h1,4-8,25,32,34-35H,26-31H2/q+2. The largest absolute Gasteiger partial charge is 0.397 e. The first-order valence-corrected chi connectivity index (χ1v) is 10.6. The number of allylic oxidation sites excluding steroid dienone is 2. The number of nitrogens with one attached hydrogen (secondary N) is 4. The van der Waals surface area contributed by atoms with E-state index in [4.69, 9.17) is 45.2 Å². The molecule has 36 heavy (non-hydrogen) atoms. The van der Waals surface area contributed by atoms with Gasteiger partial charge in [-0.1, -0.05) is 0 Å². The molecule has 1 aromatic rings. The number of nitrogens with zero attached hydrogens (tertiary/aromatic N) is 2. The fourth-order valence-corrected chi connectivity index (χ4v) is 3.69. The summed E-state index contributed by atoms with van der Waals surface area (Å²) in [5, 5.41) is 17.4. The second-order valence-electron chi connectivity index (χ2n) is 8.18. The van der Waals surface area contributed by atoms with E-state index in [1.54, 1.807) is 24.3 Å². The molecule has 12 heteroatoms. The van der Waals surface area contributed by atoms with E-state index in [-0.39, 0.29) is 45.6 Å². The first-order valence-electron chi connectivity index (χ1n) is 10.6. The van der Waals surface area contributed by atoms with E-state index in [0.29, 0.717) is 44.9 Å². The fraction of sp³-hybridized carbons (Fsp3) is 0. The summed E-state index contributed by atoms with van der Waals surface area (Å²) >= 11 is 0. The van der Waals surface area contributed by atoms with E-state index in [1.807, 2.05) is 0 Å². The molecule has 0 spiro atoms. The van der Waals surface area contributed by atoms with Crippen LogP contribution >= 0.6 is 0 Å². The lowest BCUT2D eigenvalue weighted by Gasteiger charge is -2.09. The Kier molecular flexibility index (Phi) is 4.89. The van der Waals surface area contributed by atoms with Crippen LogP contribution in [-0.4, -0.2) is 31.4 Å². The predicted octanol–water partition coefficient (Wildman–Crippen LogP) is -1.77. The van der Waals surface area contributed by atoms with Crippen LogP contribution in [0.4, 0.5) is 0 Å². The van der Waals surface area contributed by atoms with Crippen LogP contribution in [0.3, 0.4) is 0 Å². The van der Waals surface area contributed by atoms with E-state index in [1.165, 1.54) is 12.2 Å². The molecule has 0 amide bonds. The van der Waals surface area contributed by atoms with Crippen LogP contribution in [0.2, 0.25) is 0 Å². The van der Waals surface area contributed by atoms with Gasteiger partial charge in [0, 0.05) is 0 Å². The van der Waals surface area contributed by atoms with Crippen molar-refractivity contribution in [1.29, 1.82) is 10.8 Å². The second kappa shape index (κ2) is 7.96. The summed E-state index contributed by atoms with van der Waals surface area (Å²) in [6, 6.07) is 6.44. The number of H-pyrrole nitrogens is 2. The highest BCUT2D eigenvalue weighted by Crippen LogP contribution is 2.17. The molecule has 0 saturated carbocycles. The average Bonchev–Trinajstić information content (AvgIpc) is 2.79. The van der Waals surface area contributed by atoms with E-state index < -0.39 is 0 Å². The Bertz CT molecular complexity index is 1590. The Labute approximate surface area is 204 Å². The van der Waals surface area contributed by atoms with Crippen molar-refractivity contribution in [2.45, 2.75) is 0 Å². The van der Waals surface area contributed by atoms with Crippen molar-refractivity contribution in [2.24, 2.45) is 34.4 Å². The van der Waals surface area contributed by atoms with Gasteiger partial charge in [0.15, 0.2) is 11.4 Å². The summed E-state index contributed by atoms with van der Waals surface area (Å²) in [7, 11) is 0. The quantitative estimate of drug-likeness (QED) is 0.190. The molecule has 0 saturated heterocycles. The molecule has 4 aliphatic carbocycles. The topological polar surface area (TPSA) is 261 Å². The minimum Gasteiger partial charge on any atom is -0.397 e. The lowest BCUT2D eigenvalue weighted by atomic mass is 10.1. The van der Waals surface area contributed by atoms with Crippen molar-refractivity contribution in [3.05, 3.63) is 93.4 Å². The zero-order chi connectivity index (χ0) is 25.7. The molecule has 0 atom stereocenters. The molecule has 8 bridgehead atoms. The molecular weight excluding hydrogens is 456 g/mol. The number of aromatic nitrogens is 4. The molecule has 16 N–H and O–H groups in total. The molecule has 0 aromatic carbocycles. The maximum absolute atomic E-state index is 8.35. The minimum atomic E-state index is 0.0809. The van der Waals surface area contributed by atoms with Crippen molar-refractivity contribution in [3.8, 4) is 0 Å². The SMILES string of the molecule is N=C1C=C(N)c2cc1nc1cc([nH]c3cc(nc4cc([nH]2)C(N)=[C+]C=4N)C(=N)C=C3N)C(N)=[C+]C=1N. The molecule has 0 aliphatic heterocycles. The summed E-state index contributed by atoms with van der Waals surface area (Å²) in [6.07, 6.45) is 8.66. The first kappa shape index (κ1) is 22.1. The van der Waals surface area contributed by atoms with Crippen molar-refractivity contribution in [1.82, 2.24) is 19.9 Å². The van der Waals surface area contributed by atoms with Crippen molar-refractivity contribution in [3.63, 3.8) is 0 Å². The monoisotopic (exact) mass is 478 g/mol. The molecule has 5 rings (SSSR count). The Morgan fingerprint density at radius 1 is 0.583 bits per heavy atom. The third kappa shape index (κ3) is 3.82. The van der Waals surface area contributed by atoms with E-state index >= 15 is 0 Å². The Hall–Kier alpha value is -5.70. The van der Waals surface area contributed by atoms with Gasteiger partial charge in [-0.15, -0.1) is 0 Å². The summed E-state index contributed by atoms with van der Waals surface area (Å²) in [6.45, 7) is 0. The van der Waals surface area contributed by atoms with E-state index in [2.05, 4.69) is 32.1 Å². The third-order valence-electron chi connectivity index (χ3n) is 5.59. The molecule has 1 aromatic heterocycles. The van der Waals surface area contributed by atoms with Gasteiger partial charge in [-0.3, -0.25) is 20.8 Å². The fourth-order valence-electron chi connectivity index (χ4n) is 3.69. The zero-order valence-electron chi connectivity index (χ0n) is 18.8. The highest BCUT2D eigenvalue weighted by atomic mass is 14.9. The highest BCUT2D eigenvalue weighted by molar-refractivity contribution is 6.11. The lowest BCUT2D eigenvalue weighted by molar-refractivity contribution is 1.12. The Morgan fingerprint density at radius 2 is 0.972 bits per heavy atom. The Morgan fingerprint density at radius 3 is 1.36 bits per heavy atom. The molecule has 4 aliphatic rings. The molecule has 1 heterocycles. The maximum atomic E-state index is 8.35. The highest BCUT2D eigenvalue weighted by Gasteiger charge is 2.21. The van der Waals surface area contributed by atoms with Crippen molar-refractivity contribution in [2.75, 3.05) is 0 Å². The third-order valence-corrected chi connectivity index (χ3v) is 5.59. The smallest absolute Gasteiger partial charge is 0.229 e. The number of rotatable bonds is 0. The van der Waals surface area contributed by atoms with Gasteiger partial charge in [0.2, 0.25) is 33.5 Å². The van der Waals surface area contributed by atoms with Crippen LogP contribution < -0.4 is 45.1 Å².